The molecule has 2 fully saturated rings. The molecule has 0 radical (unpaired) electrons. The highest BCUT2D eigenvalue weighted by molar-refractivity contribution is 5.81. The van der Waals surface area contributed by atoms with Crippen LogP contribution in [0.1, 0.15) is 25.7 Å². The number of nitrogens with zero attached hydrogens (tertiary/aromatic N) is 1. The highest BCUT2D eigenvalue weighted by Crippen LogP contribution is 2.24. The molecule has 1 aromatic rings. The van der Waals surface area contributed by atoms with Crippen molar-refractivity contribution < 1.29 is 18.7 Å². The molecule has 3 rings (SSSR count). The van der Waals surface area contributed by atoms with Crippen molar-refractivity contribution in [2.75, 3.05) is 19.6 Å². The summed E-state index contributed by atoms with van der Waals surface area (Å²) in [5.74, 6) is 0.465. The summed E-state index contributed by atoms with van der Waals surface area (Å²) >= 11 is 0. The molecule has 2 atom stereocenters. The first kappa shape index (κ1) is 16.2. The summed E-state index contributed by atoms with van der Waals surface area (Å²) in [6.07, 6.45) is 2.91. The molecule has 2 aliphatic rings. The van der Waals surface area contributed by atoms with Gasteiger partial charge in [0.15, 0.2) is 0 Å². The molecule has 1 amide bonds. The molecule has 2 aliphatic heterocycles. The van der Waals surface area contributed by atoms with Gasteiger partial charge in [-0.15, -0.1) is 0 Å². The zero-order valence-electron chi connectivity index (χ0n) is 13.1. The standard InChI is InChI=1S/C17H23FN2O3/c18-12-1-3-13(4-2-12)22-14-7-9-20(10-8-14)17(21)16-6-5-15(11-19)23-16/h1-4,14-16H,5-11,19H2/t15-,16+/m1/s1. The van der Waals surface area contributed by atoms with Crippen LogP contribution < -0.4 is 10.5 Å². The van der Waals surface area contributed by atoms with Crippen LogP contribution in [0.15, 0.2) is 24.3 Å². The van der Waals surface area contributed by atoms with Crippen LogP contribution in [0, 0.1) is 5.82 Å². The van der Waals surface area contributed by atoms with Gasteiger partial charge in [0, 0.05) is 32.5 Å². The van der Waals surface area contributed by atoms with Crippen molar-refractivity contribution >= 4 is 5.91 Å². The molecule has 1 aromatic carbocycles. The van der Waals surface area contributed by atoms with E-state index in [4.69, 9.17) is 15.2 Å². The minimum Gasteiger partial charge on any atom is -0.490 e. The van der Waals surface area contributed by atoms with Gasteiger partial charge in [0.05, 0.1) is 6.10 Å². The van der Waals surface area contributed by atoms with Crippen molar-refractivity contribution in [1.29, 1.82) is 0 Å². The number of carbonyl (C=O) groups is 1. The van der Waals surface area contributed by atoms with Crippen molar-refractivity contribution in [2.45, 2.75) is 44.0 Å². The summed E-state index contributed by atoms with van der Waals surface area (Å²) in [6, 6.07) is 6.04. The third-order valence-corrected chi connectivity index (χ3v) is 4.52. The monoisotopic (exact) mass is 322 g/mol. The smallest absolute Gasteiger partial charge is 0.251 e. The minimum absolute atomic E-state index is 0.0169. The van der Waals surface area contributed by atoms with Crippen molar-refractivity contribution in [3.63, 3.8) is 0 Å². The molecule has 2 heterocycles. The highest BCUT2D eigenvalue weighted by atomic mass is 19.1. The number of hydrogen-bond donors (Lipinski definition) is 1. The summed E-state index contributed by atoms with van der Waals surface area (Å²) in [7, 11) is 0. The number of hydrogen-bond acceptors (Lipinski definition) is 4. The fourth-order valence-corrected chi connectivity index (χ4v) is 3.16. The third-order valence-electron chi connectivity index (χ3n) is 4.52. The predicted octanol–water partition coefficient (Wildman–Crippen LogP) is 1.70. The molecule has 0 unspecified atom stereocenters. The summed E-state index contributed by atoms with van der Waals surface area (Å²) in [4.78, 5) is 14.3. The number of amides is 1. The second-order valence-corrected chi connectivity index (χ2v) is 6.16. The topological polar surface area (TPSA) is 64.8 Å². The number of nitrogens with two attached hydrogens (primary N) is 1. The Bertz CT molecular complexity index is 529. The second-order valence-electron chi connectivity index (χ2n) is 6.16. The number of carbonyl (C=O) groups excluding carboxylic acids is 1. The lowest BCUT2D eigenvalue weighted by Gasteiger charge is -2.33. The Labute approximate surface area is 135 Å². The lowest BCUT2D eigenvalue weighted by Crippen LogP contribution is -2.46. The zero-order valence-corrected chi connectivity index (χ0v) is 13.1. The SMILES string of the molecule is NC[C@H]1CC[C@@H](C(=O)N2CCC(Oc3ccc(F)cc3)CC2)O1. The molecule has 0 aromatic heterocycles. The van der Waals surface area contributed by atoms with Gasteiger partial charge in [0.25, 0.3) is 5.91 Å². The first-order valence-corrected chi connectivity index (χ1v) is 8.22. The average molecular weight is 322 g/mol. The van der Waals surface area contributed by atoms with E-state index in [-0.39, 0.29) is 30.0 Å². The molecular formula is C17H23FN2O3. The molecule has 2 N–H and O–H groups in total. The van der Waals surface area contributed by atoms with Crippen LogP contribution in [-0.2, 0) is 9.53 Å². The van der Waals surface area contributed by atoms with Crippen LogP contribution in [-0.4, -0.2) is 48.8 Å². The van der Waals surface area contributed by atoms with Gasteiger partial charge >= 0.3 is 0 Å². The van der Waals surface area contributed by atoms with Gasteiger partial charge in [-0.25, -0.2) is 4.39 Å². The Morgan fingerprint density at radius 3 is 2.52 bits per heavy atom. The second kappa shape index (κ2) is 7.27. The number of likely N-dealkylation sites (tertiary alicyclic amines) is 1. The molecule has 0 aliphatic carbocycles. The van der Waals surface area contributed by atoms with Gasteiger partial charge in [-0.2, -0.15) is 0 Å². The lowest BCUT2D eigenvalue weighted by atomic mass is 10.1. The maximum absolute atomic E-state index is 12.9. The summed E-state index contributed by atoms with van der Waals surface area (Å²) < 4.78 is 24.4. The molecule has 0 bridgehead atoms. The van der Waals surface area contributed by atoms with Crippen molar-refractivity contribution in [3.8, 4) is 5.75 Å². The summed E-state index contributed by atoms with van der Waals surface area (Å²) in [5.41, 5.74) is 5.59. The van der Waals surface area contributed by atoms with E-state index in [0.717, 1.165) is 25.7 Å². The van der Waals surface area contributed by atoms with Crippen LogP contribution >= 0.6 is 0 Å². The molecule has 0 spiro atoms. The molecule has 23 heavy (non-hydrogen) atoms. The molecule has 2 saturated heterocycles. The first-order valence-electron chi connectivity index (χ1n) is 8.22. The highest BCUT2D eigenvalue weighted by Gasteiger charge is 2.34. The van der Waals surface area contributed by atoms with Gasteiger partial charge in [-0.1, -0.05) is 0 Å². The Balaban J connectivity index is 1.46. The van der Waals surface area contributed by atoms with Gasteiger partial charge < -0.3 is 20.1 Å². The first-order chi connectivity index (χ1) is 11.2. The molecule has 5 nitrogen and oxygen atoms in total. The summed E-state index contributed by atoms with van der Waals surface area (Å²) in [6.45, 7) is 1.80. The molecule has 0 saturated carbocycles. The van der Waals surface area contributed by atoms with Gasteiger partial charge in [-0.3, -0.25) is 4.79 Å². The number of benzene rings is 1. The Morgan fingerprint density at radius 2 is 1.91 bits per heavy atom. The quantitative estimate of drug-likeness (QED) is 0.916. The van der Waals surface area contributed by atoms with Crippen molar-refractivity contribution in [1.82, 2.24) is 4.90 Å². The maximum atomic E-state index is 12.9. The van der Waals surface area contributed by atoms with E-state index in [1.54, 1.807) is 12.1 Å². The van der Waals surface area contributed by atoms with Crippen LogP contribution in [0.3, 0.4) is 0 Å². The third kappa shape index (κ3) is 4.00. The number of halogens is 1. The minimum atomic E-state index is -0.335. The van der Waals surface area contributed by atoms with Crippen LogP contribution in [0.2, 0.25) is 0 Å². The van der Waals surface area contributed by atoms with E-state index in [0.29, 0.717) is 25.4 Å². The number of piperidine rings is 1. The Kier molecular flexibility index (Phi) is 5.13. The van der Waals surface area contributed by atoms with Crippen molar-refractivity contribution in [3.05, 3.63) is 30.1 Å². The van der Waals surface area contributed by atoms with E-state index >= 15 is 0 Å². The number of ether oxygens (including phenoxy) is 2. The van der Waals surface area contributed by atoms with E-state index in [2.05, 4.69) is 0 Å². The fraction of sp³-hybridized carbons (Fsp3) is 0.588. The zero-order chi connectivity index (χ0) is 16.2. The van der Waals surface area contributed by atoms with E-state index in [1.807, 2.05) is 4.90 Å². The van der Waals surface area contributed by atoms with E-state index in [9.17, 15) is 9.18 Å². The van der Waals surface area contributed by atoms with Crippen LogP contribution in [0.25, 0.3) is 0 Å². The maximum Gasteiger partial charge on any atom is 0.251 e. The molecular weight excluding hydrogens is 299 g/mol. The van der Waals surface area contributed by atoms with Crippen LogP contribution in [0.4, 0.5) is 4.39 Å². The molecule has 6 heteroatoms. The van der Waals surface area contributed by atoms with E-state index < -0.39 is 0 Å². The Morgan fingerprint density at radius 1 is 1.22 bits per heavy atom. The predicted molar refractivity (Wildman–Crippen MR) is 83.6 cm³/mol. The fourth-order valence-electron chi connectivity index (χ4n) is 3.16. The van der Waals surface area contributed by atoms with Crippen molar-refractivity contribution in [2.24, 2.45) is 5.73 Å². The normalized spacial score (nSPS) is 25.6. The largest absolute Gasteiger partial charge is 0.490 e. The van der Waals surface area contributed by atoms with Gasteiger partial charge in [0.1, 0.15) is 23.8 Å². The average Bonchev–Trinajstić information content (AvgIpc) is 3.06. The van der Waals surface area contributed by atoms with Crippen LogP contribution in [0.5, 0.6) is 5.75 Å². The molecule has 126 valence electrons. The van der Waals surface area contributed by atoms with Gasteiger partial charge in [-0.05, 0) is 37.1 Å². The van der Waals surface area contributed by atoms with Gasteiger partial charge in [0.2, 0.25) is 0 Å². The lowest BCUT2D eigenvalue weighted by molar-refractivity contribution is -0.144. The van der Waals surface area contributed by atoms with E-state index in [1.165, 1.54) is 12.1 Å². The Hall–Kier alpha value is -1.66. The summed E-state index contributed by atoms with van der Waals surface area (Å²) in [5, 5.41) is 0. The number of rotatable bonds is 4.